The molecule has 3 aromatic rings. The van der Waals surface area contributed by atoms with Crippen LogP contribution in [0.3, 0.4) is 0 Å². The van der Waals surface area contributed by atoms with Crippen LogP contribution in [0.15, 0.2) is 34.1 Å². The predicted octanol–water partition coefficient (Wildman–Crippen LogP) is 5.50. The quantitative estimate of drug-likeness (QED) is 0.601. The van der Waals surface area contributed by atoms with E-state index >= 15 is 0 Å². The van der Waals surface area contributed by atoms with E-state index < -0.39 is 0 Å². The first kappa shape index (κ1) is 13.1. The van der Waals surface area contributed by atoms with E-state index in [1.54, 1.807) is 0 Å². The number of rotatable bonds is 2. The Hall–Kier alpha value is -0.880. The van der Waals surface area contributed by atoms with E-state index in [0.717, 1.165) is 20.4 Å². The monoisotopic (exact) mass is 373 g/mol. The van der Waals surface area contributed by atoms with E-state index in [0.29, 0.717) is 10.8 Å². The van der Waals surface area contributed by atoms with Crippen LogP contribution in [-0.4, -0.2) is 9.97 Å². The Morgan fingerprint density at radius 2 is 2.00 bits per heavy atom. The van der Waals surface area contributed by atoms with Crippen LogP contribution in [0.2, 0.25) is 10.3 Å². The van der Waals surface area contributed by atoms with Gasteiger partial charge in [0.05, 0.1) is 16.1 Å². The highest BCUT2D eigenvalue weighted by Crippen LogP contribution is 2.32. The van der Waals surface area contributed by atoms with E-state index in [4.69, 9.17) is 23.2 Å². The maximum absolute atomic E-state index is 6.18. The molecule has 0 amide bonds. The van der Waals surface area contributed by atoms with Gasteiger partial charge in [0.1, 0.15) is 10.6 Å². The molecule has 19 heavy (non-hydrogen) atoms. The van der Waals surface area contributed by atoms with Gasteiger partial charge in [-0.05, 0) is 41.2 Å². The van der Waals surface area contributed by atoms with Crippen LogP contribution in [0.5, 0.6) is 0 Å². The van der Waals surface area contributed by atoms with Gasteiger partial charge in [-0.25, -0.2) is 4.98 Å². The Kier molecular flexibility index (Phi) is 3.62. The normalized spacial score (nSPS) is 10.9. The Bertz CT molecular complexity index is 760. The summed E-state index contributed by atoms with van der Waals surface area (Å²) in [6, 6.07) is 7.55. The van der Waals surface area contributed by atoms with Gasteiger partial charge in [0, 0.05) is 4.47 Å². The fraction of sp³-hybridized carbons (Fsp3) is 0. The van der Waals surface area contributed by atoms with Crippen LogP contribution >= 0.6 is 50.5 Å². The van der Waals surface area contributed by atoms with E-state index in [1.807, 2.05) is 29.6 Å². The lowest BCUT2D eigenvalue weighted by Gasteiger charge is -2.09. The number of halogens is 3. The third-order valence-corrected chi connectivity index (χ3v) is 4.26. The van der Waals surface area contributed by atoms with E-state index in [9.17, 15) is 0 Å². The molecule has 0 bridgehead atoms. The summed E-state index contributed by atoms with van der Waals surface area (Å²) in [6.45, 7) is 0. The number of hydrogen-bond donors (Lipinski definition) is 1. The second-order valence-electron chi connectivity index (χ2n) is 3.73. The highest BCUT2D eigenvalue weighted by molar-refractivity contribution is 9.10. The second kappa shape index (κ2) is 5.25. The maximum atomic E-state index is 6.18. The van der Waals surface area contributed by atoms with Crippen LogP contribution in [0, 0.1) is 0 Å². The molecule has 0 saturated carbocycles. The van der Waals surface area contributed by atoms with Crippen LogP contribution in [0.4, 0.5) is 11.5 Å². The zero-order chi connectivity index (χ0) is 13.4. The number of nitrogens with one attached hydrogen (secondary N) is 1. The number of anilines is 2. The van der Waals surface area contributed by atoms with Gasteiger partial charge in [0.25, 0.3) is 0 Å². The zero-order valence-electron chi connectivity index (χ0n) is 9.32. The molecular formula is C12H6BrCl2N3S. The molecule has 0 radical (unpaired) electrons. The molecule has 0 spiro atoms. The second-order valence-corrected chi connectivity index (χ2v) is 6.29. The third kappa shape index (κ3) is 2.69. The average Bonchev–Trinajstić information content (AvgIpc) is 2.80. The Labute approximate surface area is 131 Å². The topological polar surface area (TPSA) is 37.8 Å². The molecule has 0 aliphatic rings. The molecule has 7 heteroatoms. The smallest absolute Gasteiger partial charge is 0.225 e. The summed E-state index contributed by atoms with van der Waals surface area (Å²) < 4.78 is 0.921. The van der Waals surface area contributed by atoms with Gasteiger partial charge in [-0.1, -0.05) is 27.5 Å². The summed E-state index contributed by atoms with van der Waals surface area (Å²) in [5.74, 6) is 0.653. The van der Waals surface area contributed by atoms with Gasteiger partial charge in [0.15, 0.2) is 0 Å². The minimum Gasteiger partial charge on any atom is -0.338 e. The standard InChI is InChI=1S/C12H6BrCl2N3S/c13-6-1-2-9(8(14)5-6)16-10-7-3-4-19-11(7)18-12(15)17-10/h1-5H,(H,16,17,18). The van der Waals surface area contributed by atoms with Crippen molar-refractivity contribution in [3.8, 4) is 0 Å². The molecule has 0 unspecified atom stereocenters. The molecule has 3 rings (SSSR count). The van der Waals surface area contributed by atoms with Crippen molar-refractivity contribution in [2.45, 2.75) is 0 Å². The molecule has 0 fully saturated rings. The number of fused-ring (bicyclic) bond motifs is 1. The Morgan fingerprint density at radius 3 is 2.79 bits per heavy atom. The van der Waals surface area contributed by atoms with E-state index in [2.05, 4.69) is 31.2 Å². The lowest BCUT2D eigenvalue weighted by molar-refractivity contribution is 1.23. The first-order valence-electron chi connectivity index (χ1n) is 5.26. The highest BCUT2D eigenvalue weighted by atomic mass is 79.9. The van der Waals surface area contributed by atoms with Gasteiger partial charge >= 0.3 is 0 Å². The lowest BCUT2D eigenvalue weighted by atomic mass is 10.3. The molecule has 0 aliphatic heterocycles. The summed E-state index contributed by atoms with van der Waals surface area (Å²) in [5.41, 5.74) is 0.770. The lowest BCUT2D eigenvalue weighted by Crippen LogP contribution is -1.96. The molecule has 1 aromatic carbocycles. The van der Waals surface area contributed by atoms with Gasteiger partial charge in [0.2, 0.25) is 5.28 Å². The maximum Gasteiger partial charge on any atom is 0.225 e. The van der Waals surface area contributed by atoms with Crippen LogP contribution < -0.4 is 5.32 Å². The van der Waals surface area contributed by atoms with Crippen LogP contribution in [0.25, 0.3) is 10.2 Å². The van der Waals surface area contributed by atoms with Crippen LogP contribution in [-0.2, 0) is 0 Å². The third-order valence-electron chi connectivity index (χ3n) is 2.48. The first-order valence-corrected chi connectivity index (χ1v) is 7.69. The van der Waals surface area contributed by atoms with Crippen molar-refractivity contribution in [2.75, 3.05) is 5.32 Å². The largest absolute Gasteiger partial charge is 0.338 e. The van der Waals surface area contributed by atoms with Gasteiger partial charge in [-0.3, -0.25) is 0 Å². The van der Waals surface area contributed by atoms with Gasteiger partial charge in [-0.15, -0.1) is 11.3 Å². The molecule has 0 saturated heterocycles. The van der Waals surface area contributed by atoms with Crippen LogP contribution in [0.1, 0.15) is 0 Å². The van der Waals surface area contributed by atoms with Crippen molar-refractivity contribution < 1.29 is 0 Å². The van der Waals surface area contributed by atoms with Crippen molar-refractivity contribution in [1.82, 2.24) is 9.97 Å². The molecule has 96 valence electrons. The fourth-order valence-electron chi connectivity index (χ4n) is 1.64. The SMILES string of the molecule is Clc1nc(Nc2ccc(Br)cc2Cl)c2ccsc2n1. The van der Waals surface area contributed by atoms with Crippen molar-refractivity contribution >= 4 is 72.2 Å². The molecule has 3 nitrogen and oxygen atoms in total. The number of nitrogens with zero attached hydrogens (tertiary/aromatic N) is 2. The molecule has 0 aliphatic carbocycles. The Morgan fingerprint density at radius 1 is 1.16 bits per heavy atom. The van der Waals surface area contributed by atoms with Gasteiger partial charge in [-0.2, -0.15) is 4.98 Å². The minimum atomic E-state index is 0.214. The number of aromatic nitrogens is 2. The van der Waals surface area contributed by atoms with Crippen molar-refractivity contribution in [3.63, 3.8) is 0 Å². The molecule has 0 atom stereocenters. The molecule has 1 N–H and O–H groups in total. The average molecular weight is 375 g/mol. The van der Waals surface area contributed by atoms with E-state index in [1.165, 1.54) is 11.3 Å². The van der Waals surface area contributed by atoms with Crippen molar-refractivity contribution in [1.29, 1.82) is 0 Å². The predicted molar refractivity (Wildman–Crippen MR) is 84.9 cm³/mol. The number of benzene rings is 1. The summed E-state index contributed by atoms with van der Waals surface area (Å²) >= 11 is 17.0. The van der Waals surface area contributed by atoms with E-state index in [-0.39, 0.29) is 5.28 Å². The molecular weight excluding hydrogens is 369 g/mol. The summed E-state index contributed by atoms with van der Waals surface area (Å²) in [7, 11) is 0. The van der Waals surface area contributed by atoms with Crippen molar-refractivity contribution in [3.05, 3.63) is 44.4 Å². The zero-order valence-corrected chi connectivity index (χ0v) is 13.2. The summed E-state index contributed by atoms with van der Waals surface area (Å²) in [6.07, 6.45) is 0. The number of hydrogen-bond acceptors (Lipinski definition) is 4. The van der Waals surface area contributed by atoms with Gasteiger partial charge < -0.3 is 5.32 Å². The molecule has 2 heterocycles. The number of thiophene rings is 1. The minimum absolute atomic E-state index is 0.214. The summed E-state index contributed by atoms with van der Waals surface area (Å²) in [4.78, 5) is 9.22. The highest BCUT2D eigenvalue weighted by Gasteiger charge is 2.09. The fourth-order valence-corrected chi connectivity index (χ4v) is 3.35. The first-order chi connectivity index (χ1) is 9.13. The van der Waals surface area contributed by atoms with Crippen molar-refractivity contribution in [2.24, 2.45) is 0 Å². The summed E-state index contributed by atoms with van der Waals surface area (Å²) in [5, 5.41) is 6.88. The molecule has 2 aromatic heterocycles. The Balaban J connectivity index is 2.07.